The largest absolute Gasteiger partial charge is 0.0959 e. The standard InChI is InChI=1S/C6H10.C3H8.C2H6/c1-5(2)6(3)4;1-3-2;1-2/h1,3H2,2,4H3;3H2,1-2H3;1-2H3. The van der Waals surface area contributed by atoms with E-state index < -0.39 is 0 Å². The van der Waals surface area contributed by atoms with E-state index >= 15 is 0 Å². The number of rotatable bonds is 1. The van der Waals surface area contributed by atoms with Crippen LogP contribution in [0.4, 0.5) is 0 Å². The highest BCUT2D eigenvalue weighted by atomic mass is 13.8. The van der Waals surface area contributed by atoms with E-state index in [1.807, 2.05) is 27.7 Å². The monoisotopic (exact) mass is 156 g/mol. The fourth-order valence-corrected chi connectivity index (χ4v) is 0. The molecule has 0 aliphatic rings. The van der Waals surface area contributed by atoms with E-state index in [1.165, 1.54) is 6.42 Å². The Morgan fingerprint density at radius 1 is 0.909 bits per heavy atom. The van der Waals surface area contributed by atoms with Crippen LogP contribution in [0.25, 0.3) is 0 Å². The first-order valence-corrected chi connectivity index (χ1v) is 4.37. The SMILES string of the molecule is C=C(C)C(=C)C.CC.CCC. The molecular formula is C11H24. The van der Waals surface area contributed by atoms with Gasteiger partial charge >= 0.3 is 0 Å². The molecule has 0 aromatic rings. The molecule has 0 heterocycles. The van der Waals surface area contributed by atoms with Crippen molar-refractivity contribution in [2.45, 2.75) is 48.0 Å². The van der Waals surface area contributed by atoms with Gasteiger partial charge in [-0.25, -0.2) is 0 Å². The molecule has 0 nitrogen and oxygen atoms in total. The molecule has 0 radical (unpaired) electrons. The van der Waals surface area contributed by atoms with Crippen molar-refractivity contribution in [2.75, 3.05) is 0 Å². The van der Waals surface area contributed by atoms with E-state index in [1.54, 1.807) is 0 Å². The predicted octanol–water partition coefficient (Wildman–Crippen LogP) is 4.58. The van der Waals surface area contributed by atoms with Crippen LogP contribution in [0.15, 0.2) is 24.3 Å². The van der Waals surface area contributed by atoms with Gasteiger partial charge in [0.05, 0.1) is 0 Å². The summed E-state index contributed by atoms with van der Waals surface area (Å²) < 4.78 is 0. The highest BCUT2D eigenvalue weighted by Crippen LogP contribution is 1.98. The summed E-state index contributed by atoms with van der Waals surface area (Å²) in [6, 6.07) is 0. The first-order chi connectivity index (χ1) is 5.06. The molecule has 0 N–H and O–H groups in total. The van der Waals surface area contributed by atoms with Crippen molar-refractivity contribution in [3.8, 4) is 0 Å². The molecule has 11 heavy (non-hydrogen) atoms. The summed E-state index contributed by atoms with van der Waals surface area (Å²) in [6.45, 7) is 19.5. The molecular weight excluding hydrogens is 132 g/mol. The summed E-state index contributed by atoms with van der Waals surface area (Å²) in [5.41, 5.74) is 2.13. The highest BCUT2D eigenvalue weighted by Gasteiger charge is 1.77. The third-order valence-electron chi connectivity index (χ3n) is 0.729. The van der Waals surface area contributed by atoms with Crippen LogP contribution in [-0.4, -0.2) is 0 Å². The maximum absolute atomic E-state index is 3.66. The minimum absolute atomic E-state index is 1.06. The molecule has 0 atom stereocenters. The van der Waals surface area contributed by atoms with E-state index in [2.05, 4.69) is 27.0 Å². The Morgan fingerprint density at radius 2 is 1.00 bits per heavy atom. The molecule has 0 spiro atoms. The Labute approximate surface area is 73.0 Å². The molecule has 0 bridgehead atoms. The number of hydrogen-bond donors (Lipinski definition) is 0. The normalized spacial score (nSPS) is 6.36. The molecule has 0 aliphatic carbocycles. The van der Waals surface area contributed by atoms with Crippen LogP contribution in [0.1, 0.15) is 48.0 Å². The minimum atomic E-state index is 1.06. The zero-order valence-electron chi connectivity index (χ0n) is 9.12. The van der Waals surface area contributed by atoms with Gasteiger partial charge in [0.15, 0.2) is 0 Å². The van der Waals surface area contributed by atoms with Gasteiger partial charge in [-0.3, -0.25) is 0 Å². The van der Waals surface area contributed by atoms with Gasteiger partial charge in [-0.1, -0.05) is 58.4 Å². The van der Waals surface area contributed by atoms with E-state index in [-0.39, 0.29) is 0 Å². The van der Waals surface area contributed by atoms with Gasteiger partial charge in [0.1, 0.15) is 0 Å². The van der Waals surface area contributed by atoms with Gasteiger partial charge < -0.3 is 0 Å². The molecule has 0 amide bonds. The first kappa shape index (κ1) is 16.8. The molecule has 0 fully saturated rings. The number of hydrogen-bond acceptors (Lipinski definition) is 0. The van der Waals surface area contributed by atoms with Crippen molar-refractivity contribution >= 4 is 0 Å². The smallest absolute Gasteiger partial charge is 0.0401 e. The Bertz CT molecular complexity index is 76.2. The van der Waals surface area contributed by atoms with Gasteiger partial charge in [0, 0.05) is 0 Å². The van der Waals surface area contributed by atoms with E-state index in [0.29, 0.717) is 0 Å². The van der Waals surface area contributed by atoms with Crippen LogP contribution in [-0.2, 0) is 0 Å². The lowest BCUT2D eigenvalue weighted by atomic mass is 10.2. The summed E-state index contributed by atoms with van der Waals surface area (Å²) in [4.78, 5) is 0. The minimum Gasteiger partial charge on any atom is -0.0959 e. The van der Waals surface area contributed by atoms with Crippen LogP contribution in [0.3, 0.4) is 0 Å². The topological polar surface area (TPSA) is 0 Å². The zero-order valence-corrected chi connectivity index (χ0v) is 9.12. The van der Waals surface area contributed by atoms with E-state index in [0.717, 1.165) is 11.1 Å². The van der Waals surface area contributed by atoms with Gasteiger partial charge in [-0.05, 0) is 13.8 Å². The summed E-state index contributed by atoms with van der Waals surface area (Å²) >= 11 is 0. The van der Waals surface area contributed by atoms with Gasteiger partial charge in [-0.15, -0.1) is 0 Å². The molecule has 0 heteroatoms. The molecule has 0 aromatic carbocycles. The molecule has 0 rings (SSSR count). The second-order valence-corrected chi connectivity index (χ2v) is 2.27. The predicted molar refractivity (Wildman–Crippen MR) is 56.9 cm³/mol. The highest BCUT2D eigenvalue weighted by molar-refractivity contribution is 5.19. The van der Waals surface area contributed by atoms with E-state index in [4.69, 9.17) is 0 Å². The molecule has 0 unspecified atom stereocenters. The van der Waals surface area contributed by atoms with Gasteiger partial charge in [0.2, 0.25) is 0 Å². The summed E-state index contributed by atoms with van der Waals surface area (Å²) in [5, 5.41) is 0. The van der Waals surface area contributed by atoms with Crippen LogP contribution < -0.4 is 0 Å². The van der Waals surface area contributed by atoms with Crippen molar-refractivity contribution in [3.63, 3.8) is 0 Å². The molecule has 68 valence electrons. The molecule has 0 aromatic heterocycles. The Hall–Kier alpha value is -0.520. The Morgan fingerprint density at radius 3 is 1.00 bits per heavy atom. The van der Waals surface area contributed by atoms with Crippen molar-refractivity contribution in [1.29, 1.82) is 0 Å². The Kier molecular flexibility index (Phi) is 24.8. The number of allylic oxidation sites excluding steroid dienone is 2. The lowest BCUT2D eigenvalue weighted by Crippen LogP contribution is -1.67. The molecule has 0 saturated heterocycles. The average molecular weight is 156 g/mol. The maximum Gasteiger partial charge on any atom is -0.0401 e. The fourth-order valence-electron chi connectivity index (χ4n) is 0. The zero-order chi connectivity index (χ0) is 9.86. The Balaban J connectivity index is -0.000000109. The lowest BCUT2D eigenvalue weighted by Gasteiger charge is -1.88. The van der Waals surface area contributed by atoms with Crippen LogP contribution in [0, 0.1) is 0 Å². The quantitative estimate of drug-likeness (QED) is 0.487. The summed E-state index contributed by atoms with van der Waals surface area (Å²) in [7, 11) is 0. The molecule has 0 aliphatic heterocycles. The third kappa shape index (κ3) is 43.8. The summed E-state index contributed by atoms with van der Waals surface area (Å²) in [5.74, 6) is 0. The van der Waals surface area contributed by atoms with Crippen molar-refractivity contribution < 1.29 is 0 Å². The van der Waals surface area contributed by atoms with Crippen LogP contribution >= 0.6 is 0 Å². The van der Waals surface area contributed by atoms with Crippen LogP contribution in [0.2, 0.25) is 0 Å². The fraction of sp³-hybridized carbons (Fsp3) is 0.636. The van der Waals surface area contributed by atoms with Crippen LogP contribution in [0.5, 0.6) is 0 Å². The van der Waals surface area contributed by atoms with E-state index in [9.17, 15) is 0 Å². The third-order valence-corrected chi connectivity index (χ3v) is 0.729. The van der Waals surface area contributed by atoms with Gasteiger partial charge in [-0.2, -0.15) is 0 Å². The lowest BCUT2D eigenvalue weighted by molar-refractivity contribution is 1.09. The maximum atomic E-state index is 3.66. The van der Waals surface area contributed by atoms with Crippen molar-refractivity contribution in [3.05, 3.63) is 24.3 Å². The first-order valence-electron chi connectivity index (χ1n) is 4.37. The average Bonchev–Trinajstić information content (AvgIpc) is 1.93. The second kappa shape index (κ2) is 16.2. The second-order valence-electron chi connectivity index (χ2n) is 2.27. The molecule has 0 saturated carbocycles. The van der Waals surface area contributed by atoms with Crippen molar-refractivity contribution in [2.24, 2.45) is 0 Å². The van der Waals surface area contributed by atoms with Crippen molar-refractivity contribution in [1.82, 2.24) is 0 Å². The summed E-state index contributed by atoms with van der Waals surface area (Å²) in [6.07, 6.45) is 1.25. The van der Waals surface area contributed by atoms with Gasteiger partial charge in [0.25, 0.3) is 0 Å².